The van der Waals surface area contributed by atoms with Gasteiger partial charge in [0.05, 0.1) is 0 Å². The maximum absolute atomic E-state index is 11.3. The second-order valence-electron chi connectivity index (χ2n) is 3.37. The van der Waals surface area contributed by atoms with Crippen molar-refractivity contribution in [1.29, 1.82) is 0 Å². The third-order valence-electron chi connectivity index (χ3n) is 2.21. The van der Waals surface area contributed by atoms with E-state index in [1.165, 1.54) is 0 Å². The van der Waals surface area contributed by atoms with E-state index < -0.39 is 0 Å². The minimum absolute atomic E-state index is 0.0645. The molecule has 3 nitrogen and oxygen atoms in total. The van der Waals surface area contributed by atoms with Crippen LogP contribution in [0.1, 0.15) is 25.7 Å². The van der Waals surface area contributed by atoms with Crippen molar-refractivity contribution in [3.8, 4) is 0 Å². The number of aromatic nitrogens is 1. The Hall–Kier alpha value is -1.09. The van der Waals surface area contributed by atoms with Crippen LogP contribution in [0.2, 0.25) is 0 Å². The highest BCUT2D eigenvalue weighted by Crippen LogP contribution is 2.00. The molecule has 0 aliphatic rings. The number of pyridine rings is 1. The Bertz CT molecular complexity index is 306. The smallest absolute Gasteiger partial charge is 0.250 e. The number of aliphatic hydroxyl groups excluding tert-OH is 1. The SMILES string of the molecule is O=c1ccccn1CCCCCCO. The van der Waals surface area contributed by atoms with Gasteiger partial charge in [0.2, 0.25) is 5.56 Å². The highest BCUT2D eigenvalue weighted by Gasteiger charge is 1.93. The summed E-state index contributed by atoms with van der Waals surface area (Å²) in [6.45, 7) is 1.05. The fourth-order valence-electron chi connectivity index (χ4n) is 1.39. The Kier molecular flexibility index (Phi) is 5.00. The largest absolute Gasteiger partial charge is 0.396 e. The first-order valence-corrected chi connectivity index (χ1v) is 5.11. The van der Waals surface area contributed by atoms with E-state index in [9.17, 15) is 4.79 Å². The normalized spacial score (nSPS) is 10.4. The van der Waals surface area contributed by atoms with E-state index in [1.807, 2.05) is 12.3 Å². The summed E-state index contributed by atoms with van der Waals surface area (Å²) in [4.78, 5) is 11.3. The minimum Gasteiger partial charge on any atom is -0.396 e. The lowest BCUT2D eigenvalue weighted by molar-refractivity contribution is 0.282. The predicted molar refractivity (Wildman–Crippen MR) is 56.3 cm³/mol. The van der Waals surface area contributed by atoms with Gasteiger partial charge in [-0.05, 0) is 18.9 Å². The molecule has 0 amide bonds. The van der Waals surface area contributed by atoms with Gasteiger partial charge in [-0.25, -0.2) is 0 Å². The number of unbranched alkanes of at least 4 members (excludes halogenated alkanes) is 3. The lowest BCUT2D eigenvalue weighted by Gasteiger charge is -2.03. The molecular formula is C11H17NO2. The van der Waals surface area contributed by atoms with Crippen LogP contribution >= 0.6 is 0 Å². The van der Waals surface area contributed by atoms with Crippen LogP contribution in [0.15, 0.2) is 29.2 Å². The molecule has 0 spiro atoms. The van der Waals surface area contributed by atoms with Crippen LogP contribution in [0.5, 0.6) is 0 Å². The number of hydrogen-bond donors (Lipinski definition) is 1. The second-order valence-corrected chi connectivity index (χ2v) is 3.37. The zero-order valence-corrected chi connectivity index (χ0v) is 8.35. The maximum Gasteiger partial charge on any atom is 0.250 e. The van der Waals surface area contributed by atoms with Crippen LogP contribution in [0.25, 0.3) is 0 Å². The van der Waals surface area contributed by atoms with Crippen molar-refractivity contribution >= 4 is 0 Å². The average Bonchev–Trinajstić information content (AvgIpc) is 2.20. The minimum atomic E-state index is 0.0645. The Morgan fingerprint density at radius 1 is 1.14 bits per heavy atom. The first-order chi connectivity index (χ1) is 6.84. The summed E-state index contributed by atoms with van der Waals surface area (Å²) in [5, 5.41) is 8.57. The fourth-order valence-corrected chi connectivity index (χ4v) is 1.39. The van der Waals surface area contributed by atoms with Gasteiger partial charge >= 0.3 is 0 Å². The average molecular weight is 195 g/mol. The number of nitrogens with zero attached hydrogens (tertiary/aromatic N) is 1. The lowest BCUT2D eigenvalue weighted by atomic mass is 10.2. The highest BCUT2D eigenvalue weighted by atomic mass is 16.2. The van der Waals surface area contributed by atoms with Crippen molar-refractivity contribution in [3.63, 3.8) is 0 Å². The fraction of sp³-hybridized carbons (Fsp3) is 0.545. The molecule has 1 aromatic rings. The van der Waals surface area contributed by atoms with Gasteiger partial charge < -0.3 is 9.67 Å². The van der Waals surface area contributed by atoms with Crippen LogP contribution in [0, 0.1) is 0 Å². The van der Waals surface area contributed by atoms with E-state index in [4.69, 9.17) is 5.11 Å². The maximum atomic E-state index is 11.3. The molecule has 78 valence electrons. The van der Waals surface area contributed by atoms with Gasteiger partial charge in [-0.15, -0.1) is 0 Å². The predicted octanol–water partition coefficient (Wildman–Crippen LogP) is 1.40. The Labute approximate surface area is 84.0 Å². The van der Waals surface area contributed by atoms with E-state index in [-0.39, 0.29) is 12.2 Å². The quantitative estimate of drug-likeness (QED) is 0.697. The summed E-state index contributed by atoms with van der Waals surface area (Å²) in [6.07, 6.45) is 5.79. The van der Waals surface area contributed by atoms with E-state index in [1.54, 1.807) is 16.7 Å². The van der Waals surface area contributed by atoms with Crippen LogP contribution in [0.4, 0.5) is 0 Å². The number of rotatable bonds is 6. The number of hydrogen-bond acceptors (Lipinski definition) is 2. The van der Waals surface area contributed by atoms with E-state index in [2.05, 4.69) is 0 Å². The van der Waals surface area contributed by atoms with E-state index >= 15 is 0 Å². The first kappa shape index (κ1) is 11.0. The molecule has 0 radical (unpaired) electrons. The molecule has 0 aromatic carbocycles. The summed E-state index contributed by atoms with van der Waals surface area (Å²) in [7, 11) is 0. The number of aliphatic hydroxyl groups is 1. The van der Waals surface area contributed by atoms with Gasteiger partial charge in [0.1, 0.15) is 0 Å². The molecule has 1 heterocycles. The standard InChI is InChI=1S/C11H17NO2/c13-10-6-2-1-4-8-12-9-5-3-7-11(12)14/h3,5,7,9,13H,1-2,4,6,8,10H2. The van der Waals surface area contributed by atoms with Crippen molar-refractivity contribution in [1.82, 2.24) is 4.57 Å². The lowest BCUT2D eigenvalue weighted by Crippen LogP contribution is -2.17. The van der Waals surface area contributed by atoms with Crippen LogP contribution < -0.4 is 5.56 Å². The van der Waals surface area contributed by atoms with Gasteiger partial charge in [-0.2, -0.15) is 0 Å². The molecule has 0 aliphatic heterocycles. The van der Waals surface area contributed by atoms with Gasteiger partial charge in [0.25, 0.3) is 0 Å². The van der Waals surface area contributed by atoms with Gasteiger partial charge in [-0.1, -0.05) is 18.9 Å². The summed E-state index contributed by atoms with van der Waals surface area (Å²) in [5.41, 5.74) is 0.0645. The number of aryl methyl sites for hydroxylation is 1. The summed E-state index contributed by atoms with van der Waals surface area (Å²) < 4.78 is 1.72. The zero-order valence-electron chi connectivity index (χ0n) is 8.35. The molecule has 0 fully saturated rings. The van der Waals surface area contributed by atoms with Crippen molar-refractivity contribution in [2.75, 3.05) is 6.61 Å². The van der Waals surface area contributed by atoms with Crippen molar-refractivity contribution in [3.05, 3.63) is 34.7 Å². The second kappa shape index (κ2) is 6.38. The van der Waals surface area contributed by atoms with Crippen molar-refractivity contribution < 1.29 is 5.11 Å². The monoisotopic (exact) mass is 195 g/mol. The topological polar surface area (TPSA) is 42.2 Å². The molecule has 0 aliphatic carbocycles. The summed E-state index contributed by atoms with van der Waals surface area (Å²) in [6, 6.07) is 5.20. The third-order valence-corrected chi connectivity index (χ3v) is 2.21. The summed E-state index contributed by atoms with van der Waals surface area (Å²) >= 11 is 0. The highest BCUT2D eigenvalue weighted by molar-refractivity contribution is 4.92. The van der Waals surface area contributed by atoms with Crippen molar-refractivity contribution in [2.45, 2.75) is 32.2 Å². The molecule has 14 heavy (non-hydrogen) atoms. The molecule has 0 saturated heterocycles. The molecular weight excluding hydrogens is 178 g/mol. The van der Waals surface area contributed by atoms with Crippen LogP contribution in [-0.2, 0) is 6.54 Å². The van der Waals surface area contributed by atoms with Gasteiger partial charge in [-0.3, -0.25) is 4.79 Å². The molecule has 1 N–H and O–H groups in total. The Morgan fingerprint density at radius 2 is 1.93 bits per heavy atom. The first-order valence-electron chi connectivity index (χ1n) is 5.11. The zero-order chi connectivity index (χ0) is 10.2. The molecule has 0 saturated carbocycles. The van der Waals surface area contributed by atoms with Crippen molar-refractivity contribution in [2.24, 2.45) is 0 Å². The molecule has 1 rings (SSSR count). The van der Waals surface area contributed by atoms with Gasteiger partial charge in [0, 0.05) is 25.4 Å². The summed E-state index contributed by atoms with van der Waals surface area (Å²) in [5.74, 6) is 0. The van der Waals surface area contributed by atoms with E-state index in [0.717, 1.165) is 32.2 Å². The Morgan fingerprint density at radius 3 is 2.64 bits per heavy atom. The molecule has 0 atom stereocenters. The van der Waals surface area contributed by atoms with Crippen LogP contribution in [0.3, 0.4) is 0 Å². The van der Waals surface area contributed by atoms with Gasteiger partial charge in [0.15, 0.2) is 0 Å². The molecule has 3 heteroatoms. The third kappa shape index (κ3) is 3.75. The molecule has 0 unspecified atom stereocenters. The Balaban J connectivity index is 2.25. The van der Waals surface area contributed by atoms with Crippen LogP contribution in [-0.4, -0.2) is 16.3 Å². The van der Waals surface area contributed by atoms with E-state index in [0.29, 0.717) is 0 Å². The molecule has 0 bridgehead atoms. The molecule has 1 aromatic heterocycles.